The van der Waals surface area contributed by atoms with Crippen LogP contribution in [0.3, 0.4) is 0 Å². The van der Waals surface area contributed by atoms with Gasteiger partial charge in [0.15, 0.2) is 5.96 Å². The topological polar surface area (TPSA) is 40.1 Å². The van der Waals surface area contributed by atoms with Crippen LogP contribution in [-0.2, 0) is 11.3 Å². The molecule has 0 saturated carbocycles. The Morgan fingerprint density at radius 1 is 1.23 bits per heavy atom. The van der Waals surface area contributed by atoms with E-state index >= 15 is 0 Å². The lowest BCUT2D eigenvalue weighted by atomic mass is 10.1. The summed E-state index contributed by atoms with van der Waals surface area (Å²) in [5.41, 5.74) is 2.58. The van der Waals surface area contributed by atoms with Crippen LogP contribution in [-0.4, -0.2) is 67.3 Å². The van der Waals surface area contributed by atoms with Crippen LogP contribution < -0.4 is 10.2 Å². The average Bonchev–Trinajstić information content (AvgIpc) is 2.65. The summed E-state index contributed by atoms with van der Waals surface area (Å²) in [5.74, 6) is 2.19. The molecule has 0 spiro atoms. The van der Waals surface area contributed by atoms with E-state index in [-0.39, 0.29) is 4.75 Å². The Morgan fingerprint density at radius 2 is 2.00 bits per heavy atom. The number of aliphatic imine (C=N–C) groups is 1. The van der Waals surface area contributed by atoms with E-state index in [0.29, 0.717) is 6.54 Å². The van der Waals surface area contributed by atoms with E-state index in [2.05, 4.69) is 71.9 Å². The van der Waals surface area contributed by atoms with E-state index in [0.717, 1.165) is 57.6 Å². The molecule has 2 saturated heterocycles. The zero-order valence-electron chi connectivity index (χ0n) is 16.3. The first kappa shape index (κ1) is 19.4. The van der Waals surface area contributed by atoms with Crippen molar-refractivity contribution < 1.29 is 4.74 Å². The number of hydrogen-bond acceptors (Lipinski definition) is 4. The van der Waals surface area contributed by atoms with Gasteiger partial charge in [0.1, 0.15) is 0 Å². The monoisotopic (exact) mass is 376 g/mol. The van der Waals surface area contributed by atoms with E-state index < -0.39 is 0 Å². The van der Waals surface area contributed by atoms with Crippen molar-refractivity contribution in [2.24, 2.45) is 4.99 Å². The third-order valence-corrected chi connectivity index (χ3v) is 6.10. The molecule has 0 amide bonds. The molecule has 1 aromatic carbocycles. The lowest BCUT2D eigenvalue weighted by Gasteiger charge is -2.39. The van der Waals surface area contributed by atoms with Gasteiger partial charge in [0.05, 0.1) is 19.8 Å². The molecule has 144 valence electrons. The Hall–Kier alpha value is -1.40. The third-order valence-electron chi connectivity index (χ3n) is 4.80. The minimum atomic E-state index is 0.278. The maximum absolute atomic E-state index is 5.50. The standard InChI is InChI=1S/C20H32N4OS/c1-4-21-19(24-11-14-26-20(2,3)16-24)22-15-17-7-5-6-8-18(17)23-9-12-25-13-10-23/h5-8H,4,9-16H2,1-3H3,(H,21,22). The van der Waals surface area contributed by atoms with Crippen LogP contribution in [0.1, 0.15) is 26.3 Å². The second-order valence-electron chi connectivity index (χ2n) is 7.43. The fourth-order valence-electron chi connectivity index (χ4n) is 3.54. The maximum Gasteiger partial charge on any atom is 0.194 e. The van der Waals surface area contributed by atoms with Gasteiger partial charge in [-0.05, 0) is 32.4 Å². The molecule has 0 atom stereocenters. The van der Waals surface area contributed by atoms with Gasteiger partial charge in [-0.3, -0.25) is 0 Å². The molecule has 0 radical (unpaired) electrons. The average molecular weight is 377 g/mol. The smallest absolute Gasteiger partial charge is 0.194 e. The number of para-hydroxylation sites is 1. The maximum atomic E-state index is 5.50. The second-order valence-corrected chi connectivity index (χ2v) is 9.23. The summed E-state index contributed by atoms with van der Waals surface area (Å²) in [6.45, 7) is 14.0. The Bertz CT molecular complexity index is 614. The molecule has 0 unspecified atom stereocenters. The Kier molecular flexibility index (Phi) is 6.70. The van der Waals surface area contributed by atoms with Crippen molar-refractivity contribution >= 4 is 23.4 Å². The van der Waals surface area contributed by atoms with Crippen molar-refractivity contribution in [3.63, 3.8) is 0 Å². The lowest BCUT2D eigenvalue weighted by Crippen LogP contribution is -2.50. The van der Waals surface area contributed by atoms with Crippen molar-refractivity contribution in [1.29, 1.82) is 0 Å². The van der Waals surface area contributed by atoms with Gasteiger partial charge in [-0.2, -0.15) is 11.8 Å². The molecule has 5 nitrogen and oxygen atoms in total. The Balaban J connectivity index is 1.75. The van der Waals surface area contributed by atoms with Gasteiger partial charge in [-0.25, -0.2) is 4.99 Å². The largest absolute Gasteiger partial charge is 0.378 e. The number of nitrogens with one attached hydrogen (secondary N) is 1. The van der Waals surface area contributed by atoms with Gasteiger partial charge in [0.2, 0.25) is 0 Å². The van der Waals surface area contributed by atoms with Gasteiger partial charge in [-0.1, -0.05) is 18.2 Å². The molecule has 0 aliphatic carbocycles. The number of thioether (sulfide) groups is 1. The molecule has 1 N–H and O–H groups in total. The normalized spacial score (nSPS) is 21.0. The highest BCUT2D eigenvalue weighted by atomic mass is 32.2. The van der Waals surface area contributed by atoms with Crippen LogP contribution in [0.15, 0.2) is 29.3 Å². The first-order valence-electron chi connectivity index (χ1n) is 9.67. The Labute approximate surface area is 162 Å². The summed E-state index contributed by atoms with van der Waals surface area (Å²) in [6.07, 6.45) is 0. The minimum absolute atomic E-state index is 0.278. The number of benzene rings is 1. The molecule has 6 heteroatoms. The number of morpholine rings is 1. The molecule has 1 aromatic rings. The second kappa shape index (κ2) is 9.00. The molecule has 3 rings (SSSR count). The van der Waals surface area contributed by atoms with Crippen LogP contribution >= 0.6 is 11.8 Å². The summed E-state index contributed by atoms with van der Waals surface area (Å²) < 4.78 is 5.78. The van der Waals surface area contributed by atoms with E-state index in [4.69, 9.17) is 9.73 Å². The van der Waals surface area contributed by atoms with Crippen LogP contribution in [0, 0.1) is 0 Å². The zero-order chi connectivity index (χ0) is 18.4. The molecule has 2 fully saturated rings. The van der Waals surface area contributed by atoms with E-state index in [1.54, 1.807) is 0 Å². The van der Waals surface area contributed by atoms with Gasteiger partial charge in [0.25, 0.3) is 0 Å². The molecular weight excluding hydrogens is 344 g/mol. The minimum Gasteiger partial charge on any atom is -0.378 e. The van der Waals surface area contributed by atoms with Gasteiger partial charge in [-0.15, -0.1) is 0 Å². The predicted octanol–water partition coefficient (Wildman–Crippen LogP) is 2.82. The van der Waals surface area contributed by atoms with Crippen molar-refractivity contribution in [1.82, 2.24) is 10.2 Å². The molecular formula is C20H32N4OS. The molecule has 2 aliphatic rings. The van der Waals surface area contributed by atoms with Crippen molar-refractivity contribution in [3.05, 3.63) is 29.8 Å². The van der Waals surface area contributed by atoms with Crippen molar-refractivity contribution in [2.45, 2.75) is 32.1 Å². The summed E-state index contributed by atoms with van der Waals surface area (Å²) >= 11 is 2.05. The van der Waals surface area contributed by atoms with Crippen LogP contribution in [0.5, 0.6) is 0 Å². The van der Waals surface area contributed by atoms with Crippen molar-refractivity contribution in [3.8, 4) is 0 Å². The first-order chi connectivity index (χ1) is 12.6. The van der Waals surface area contributed by atoms with E-state index in [9.17, 15) is 0 Å². The lowest BCUT2D eigenvalue weighted by molar-refractivity contribution is 0.122. The summed E-state index contributed by atoms with van der Waals surface area (Å²) in [7, 11) is 0. The number of guanidine groups is 1. The van der Waals surface area contributed by atoms with Crippen LogP contribution in [0.4, 0.5) is 5.69 Å². The van der Waals surface area contributed by atoms with Gasteiger partial charge in [0, 0.05) is 48.9 Å². The highest BCUT2D eigenvalue weighted by Crippen LogP contribution is 2.29. The molecule has 2 aliphatic heterocycles. The quantitative estimate of drug-likeness (QED) is 0.646. The number of hydrogen-bond donors (Lipinski definition) is 1. The molecule has 2 heterocycles. The molecule has 0 aromatic heterocycles. The van der Waals surface area contributed by atoms with E-state index in [1.165, 1.54) is 11.3 Å². The summed E-state index contributed by atoms with van der Waals surface area (Å²) in [6, 6.07) is 8.65. The van der Waals surface area contributed by atoms with Gasteiger partial charge >= 0.3 is 0 Å². The molecule has 0 bridgehead atoms. The van der Waals surface area contributed by atoms with Gasteiger partial charge < -0.3 is 19.9 Å². The van der Waals surface area contributed by atoms with E-state index in [1.807, 2.05) is 0 Å². The third kappa shape index (κ3) is 5.07. The number of rotatable bonds is 4. The fraction of sp³-hybridized carbons (Fsp3) is 0.650. The zero-order valence-corrected chi connectivity index (χ0v) is 17.1. The SMILES string of the molecule is CCNC(=NCc1ccccc1N1CCOCC1)N1CCSC(C)(C)C1. The van der Waals surface area contributed by atoms with Crippen molar-refractivity contribution in [2.75, 3.05) is 56.6 Å². The van der Waals surface area contributed by atoms with Crippen LogP contribution in [0.2, 0.25) is 0 Å². The predicted molar refractivity (Wildman–Crippen MR) is 112 cm³/mol. The Morgan fingerprint density at radius 3 is 2.73 bits per heavy atom. The summed E-state index contributed by atoms with van der Waals surface area (Å²) in [5, 5.41) is 3.49. The molecule has 26 heavy (non-hydrogen) atoms. The number of nitrogens with zero attached hydrogens (tertiary/aromatic N) is 3. The summed E-state index contributed by atoms with van der Waals surface area (Å²) in [4.78, 5) is 9.83. The number of anilines is 1. The highest BCUT2D eigenvalue weighted by Gasteiger charge is 2.28. The van der Waals surface area contributed by atoms with Crippen LogP contribution in [0.25, 0.3) is 0 Å². The first-order valence-corrected chi connectivity index (χ1v) is 10.7. The highest BCUT2D eigenvalue weighted by molar-refractivity contribution is 8.00. The number of ether oxygens (including phenoxy) is 1. The fourth-order valence-corrected chi connectivity index (χ4v) is 4.65.